The summed E-state index contributed by atoms with van der Waals surface area (Å²) in [6, 6.07) is 20.4. The Bertz CT molecular complexity index is 1190. The summed E-state index contributed by atoms with van der Waals surface area (Å²) in [6.45, 7) is 1.43. The minimum Gasteiger partial charge on any atom is -0.497 e. The number of hydrogen-bond acceptors (Lipinski definition) is 5. The smallest absolute Gasteiger partial charge is 0.242 e. The van der Waals surface area contributed by atoms with Gasteiger partial charge in [-0.05, 0) is 55.3 Å². The van der Waals surface area contributed by atoms with Crippen molar-refractivity contribution >= 4 is 27.4 Å². The fourth-order valence-electron chi connectivity index (χ4n) is 3.09. The second-order valence-corrected chi connectivity index (χ2v) is 8.88. The quantitative estimate of drug-likeness (QED) is 0.485. The maximum Gasteiger partial charge on any atom is 0.242 e. The fourth-order valence-corrected chi connectivity index (χ4v) is 4.29. The summed E-state index contributed by atoms with van der Waals surface area (Å²) < 4.78 is 33.5. The topological polar surface area (TPSA) is 102 Å². The van der Waals surface area contributed by atoms with Gasteiger partial charge in [0.05, 0.1) is 12.0 Å². The van der Waals surface area contributed by atoms with Gasteiger partial charge in [-0.3, -0.25) is 9.59 Å². The van der Waals surface area contributed by atoms with Crippen LogP contribution in [0.3, 0.4) is 0 Å². The van der Waals surface area contributed by atoms with E-state index in [0.29, 0.717) is 17.0 Å². The average Bonchev–Trinajstić information content (AvgIpc) is 2.79. The van der Waals surface area contributed by atoms with Gasteiger partial charge in [-0.2, -0.15) is 4.72 Å². The number of carbonyl (C=O) groups is 2. The number of rotatable bonds is 9. The summed E-state index contributed by atoms with van der Waals surface area (Å²) in [5.74, 6) is -0.151. The van der Waals surface area contributed by atoms with Crippen molar-refractivity contribution < 1.29 is 22.7 Å². The highest BCUT2D eigenvalue weighted by molar-refractivity contribution is 7.89. The first-order valence-electron chi connectivity index (χ1n) is 9.90. The molecule has 1 atom stereocenters. The van der Waals surface area contributed by atoms with Crippen molar-refractivity contribution in [3.05, 3.63) is 90.0 Å². The third-order valence-electron chi connectivity index (χ3n) is 4.80. The number of hydrogen-bond donors (Lipinski definition) is 2. The van der Waals surface area contributed by atoms with Gasteiger partial charge in [-0.25, -0.2) is 8.42 Å². The van der Waals surface area contributed by atoms with Crippen LogP contribution in [0.5, 0.6) is 5.75 Å². The monoisotopic (exact) mass is 452 g/mol. The van der Waals surface area contributed by atoms with Crippen molar-refractivity contribution in [3.63, 3.8) is 0 Å². The minimum atomic E-state index is -3.98. The van der Waals surface area contributed by atoms with E-state index in [-0.39, 0.29) is 17.1 Å². The zero-order valence-corrected chi connectivity index (χ0v) is 18.6. The molecule has 8 heteroatoms. The molecule has 0 radical (unpaired) electrons. The Morgan fingerprint density at radius 3 is 2.25 bits per heavy atom. The highest BCUT2D eigenvalue weighted by Crippen LogP contribution is 2.17. The molecule has 0 heterocycles. The van der Waals surface area contributed by atoms with Gasteiger partial charge in [-0.15, -0.1) is 0 Å². The number of methoxy groups -OCH3 is 1. The lowest BCUT2D eigenvalue weighted by Gasteiger charge is -2.19. The lowest BCUT2D eigenvalue weighted by atomic mass is 10.1. The third kappa shape index (κ3) is 6.03. The van der Waals surface area contributed by atoms with E-state index in [0.717, 1.165) is 5.56 Å². The van der Waals surface area contributed by atoms with E-state index in [1.165, 1.54) is 38.3 Å². The van der Waals surface area contributed by atoms with E-state index < -0.39 is 22.0 Å². The summed E-state index contributed by atoms with van der Waals surface area (Å²) in [7, 11) is -2.49. The standard InChI is InChI=1S/C24H24N2O5S/c1-17(27)19-9-6-10-20(16-19)25-24(28)23(15-18-7-4-3-5-8-18)26-32(29,30)22-13-11-21(31-2)12-14-22/h3-14,16,23,26H,15H2,1-2H3,(H,25,28). The number of anilines is 1. The number of ether oxygens (including phenoxy) is 1. The van der Waals surface area contributed by atoms with E-state index >= 15 is 0 Å². The molecule has 0 saturated carbocycles. The number of amides is 1. The van der Waals surface area contributed by atoms with E-state index in [1.54, 1.807) is 24.3 Å². The molecule has 0 aliphatic heterocycles. The van der Waals surface area contributed by atoms with Crippen LogP contribution in [0.4, 0.5) is 5.69 Å². The number of ketones is 1. The van der Waals surface area contributed by atoms with Gasteiger partial charge in [0.1, 0.15) is 11.8 Å². The van der Waals surface area contributed by atoms with Gasteiger partial charge >= 0.3 is 0 Å². The third-order valence-corrected chi connectivity index (χ3v) is 6.29. The second-order valence-electron chi connectivity index (χ2n) is 7.17. The molecular weight excluding hydrogens is 428 g/mol. The zero-order valence-electron chi connectivity index (χ0n) is 17.7. The Kier molecular flexibility index (Phi) is 7.40. The first-order valence-corrected chi connectivity index (χ1v) is 11.4. The molecule has 1 amide bonds. The molecule has 3 rings (SSSR count). The highest BCUT2D eigenvalue weighted by atomic mass is 32.2. The van der Waals surface area contributed by atoms with Gasteiger partial charge in [0.25, 0.3) is 0 Å². The Hall–Kier alpha value is -3.49. The Morgan fingerprint density at radius 1 is 0.938 bits per heavy atom. The number of benzene rings is 3. The van der Waals surface area contributed by atoms with Crippen LogP contribution in [-0.2, 0) is 21.2 Å². The van der Waals surface area contributed by atoms with Crippen LogP contribution >= 0.6 is 0 Å². The number of carbonyl (C=O) groups excluding carboxylic acids is 2. The molecule has 3 aromatic carbocycles. The number of sulfonamides is 1. The summed E-state index contributed by atoms with van der Waals surface area (Å²) in [6.07, 6.45) is 0.147. The highest BCUT2D eigenvalue weighted by Gasteiger charge is 2.26. The van der Waals surface area contributed by atoms with Crippen LogP contribution in [0.25, 0.3) is 0 Å². The largest absolute Gasteiger partial charge is 0.497 e. The SMILES string of the molecule is COc1ccc(S(=O)(=O)NC(Cc2ccccc2)C(=O)Nc2cccc(C(C)=O)c2)cc1. The van der Waals surface area contributed by atoms with Crippen molar-refractivity contribution in [2.45, 2.75) is 24.3 Å². The van der Waals surface area contributed by atoms with E-state index in [4.69, 9.17) is 4.74 Å². The van der Waals surface area contributed by atoms with E-state index in [2.05, 4.69) is 10.0 Å². The van der Waals surface area contributed by atoms with Crippen LogP contribution in [0.1, 0.15) is 22.8 Å². The van der Waals surface area contributed by atoms with E-state index in [9.17, 15) is 18.0 Å². The average molecular weight is 453 g/mol. The first kappa shape index (κ1) is 23.2. The molecule has 0 aliphatic carbocycles. The molecule has 0 bridgehead atoms. The summed E-state index contributed by atoms with van der Waals surface area (Å²) in [4.78, 5) is 24.7. The summed E-state index contributed by atoms with van der Waals surface area (Å²) >= 11 is 0. The van der Waals surface area contributed by atoms with Crippen LogP contribution in [-0.4, -0.2) is 33.3 Å². The predicted octanol–water partition coefficient (Wildman–Crippen LogP) is 3.43. The maximum atomic E-state index is 13.1. The van der Waals surface area contributed by atoms with Gasteiger partial charge in [0, 0.05) is 11.3 Å². The zero-order chi connectivity index (χ0) is 23.1. The molecule has 32 heavy (non-hydrogen) atoms. The summed E-state index contributed by atoms with van der Waals surface area (Å²) in [5.41, 5.74) is 1.65. The minimum absolute atomic E-state index is 0.0164. The molecule has 166 valence electrons. The molecule has 1 unspecified atom stereocenters. The van der Waals surface area contributed by atoms with E-state index in [1.807, 2.05) is 30.3 Å². The van der Waals surface area contributed by atoms with Crippen molar-refractivity contribution in [2.24, 2.45) is 0 Å². The predicted molar refractivity (Wildman–Crippen MR) is 122 cm³/mol. The van der Waals surface area contributed by atoms with Crippen molar-refractivity contribution in [1.29, 1.82) is 0 Å². The van der Waals surface area contributed by atoms with Crippen LogP contribution < -0.4 is 14.8 Å². The van der Waals surface area contributed by atoms with Crippen LogP contribution in [0, 0.1) is 0 Å². The Balaban J connectivity index is 1.86. The first-order chi connectivity index (χ1) is 15.3. The van der Waals surface area contributed by atoms with Gasteiger partial charge in [0.2, 0.25) is 15.9 Å². The van der Waals surface area contributed by atoms with Gasteiger partial charge in [0.15, 0.2) is 5.78 Å². The molecule has 0 fully saturated rings. The lowest BCUT2D eigenvalue weighted by Crippen LogP contribution is -2.45. The maximum absolute atomic E-state index is 13.1. The van der Waals surface area contributed by atoms with Gasteiger partial charge in [-0.1, -0.05) is 42.5 Å². The van der Waals surface area contributed by atoms with Crippen molar-refractivity contribution in [3.8, 4) is 5.75 Å². The molecule has 0 aromatic heterocycles. The fraction of sp³-hybridized carbons (Fsp3) is 0.167. The van der Waals surface area contributed by atoms with Crippen molar-refractivity contribution in [1.82, 2.24) is 4.72 Å². The molecule has 0 spiro atoms. The number of Topliss-reactive ketones (excluding diaryl/α,β-unsaturated/α-hetero) is 1. The molecular formula is C24H24N2O5S. The number of nitrogens with one attached hydrogen (secondary N) is 2. The van der Waals surface area contributed by atoms with Crippen LogP contribution in [0.15, 0.2) is 83.8 Å². The van der Waals surface area contributed by atoms with Crippen LogP contribution in [0.2, 0.25) is 0 Å². The van der Waals surface area contributed by atoms with Crippen molar-refractivity contribution in [2.75, 3.05) is 12.4 Å². The Morgan fingerprint density at radius 2 is 1.62 bits per heavy atom. The Labute approximate surface area is 187 Å². The molecule has 3 aromatic rings. The molecule has 0 saturated heterocycles. The molecule has 2 N–H and O–H groups in total. The lowest BCUT2D eigenvalue weighted by molar-refractivity contribution is -0.117. The molecule has 0 aliphatic rings. The molecule has 7 nitrogen and oxygen atoms in total. The second kappa shape index (κ2) is 10.2. The van der Waals surface area contributed by atoms with Gasteiger partial charge < -0.3 is 10.1 Å². The summed E-state index contributed by atoms with van der Waals surface area (Å²) in [5, 5.41) is 2.71. The normalized spacial score (nSPS) is 12.1.